The molecule has 0 spiro atoms. The Kier molecular flexibility index (Phi) is 2.95. The lowest BCUT2D eigenvalue weighted by molar-refractivity contribution is -0.136. The Balaban J connectivity index is 2.37. The van der Waals surface area contributed by atoms with E-state index in [0.29, 0.717) is 11.3 Å². The number of ether oxygens (including phenoxy) is 3. The molecule has 1 aliphatic heterocycles. The van der Waals surface area contributed by atoms with Crippen LogP contribution >= 0.6 is 0 Å². The second kappa shape index (κ2) is 4.40. The summed E-state index contributed by atoms with van der Waals surface area (Å²) in [7, 11) is 1.40. The highest BCUT2D eigenvalue weighted by atomic mass is 16.7. The molecule has 6 nitrogen and oxygen atoms in total. The van der Waals surface area contributed by atoms with Crippen molar-refractivity contribution in [2.75, 3.05) is 13.9 Å². The predicted octanol–water partition coefficient (Wildman–Crippen LogP) is 1.15. The number of phenolic OH excluding ortho intramolecular Hbond substituents is 1. The van der Waals surface area contributed by atoms with Crippen LogP contribution in [0.3, 0.4) is 0 Å². The van der Waals surface area contributed by atoms with Gasteiger partial charge in [-0.3, -0.25) is 4.79 Å². The molecule has 0 saturated carbocycles. The third-order valence-corrected chi connectivity index (χ3v) is 2.48. The largest absolute Gasteiger partial charge is 0.502 e. The Hall–Kier alpha value is -2.11. The van der Waals surface area contributed by atoms with E-state index in [0.717, 1.165) is 0 Å². The lowest BCUT2D eigenvalue weighted by Gasteiger charge is -2.11. The zero-order valence-electron chi connectivity index (χ0n) is 9.23. The molecule has 0 radical (unpaired) electrons. The van der Waals surface area contributed by atoms with Gasteiger partial charge in [0.1, 0.15) is 0 Å². The second-order valence-electron chi connectivity index (χ2n) is 3.55. The highest BCUT2D eigenvalue weighted by Crippen LogP contribution is 2.48. The predicted molar refractivity (Wildman–Crippen MR) is 56.7 cm³/mol. The lowest BCUT2D eigenvalue weighted by Crippen LogP contribution is -2.00. The number of methoxy groups -OCH3 is 1. The summed E-state index contributed by atoms with van der Waals surface area (Å²) in [5.74, 6) is -0.188. The normalized spacial score (nSPS) is 12.5. The van der Waals surface area contributed by atoms with Crippen molar-refractivity contribution in [1.82, 2.24) is 0 Å². The van der Waals surface area contributed by atoms with Gasteiger partial charge in [0.05, 0.1) is 7.11 Å². The second-order valence-corrected chi connectivity index (χ2v) is 3.55. The summed E-state index contributed by atoms with van der Waals surface area (Å²) in [6.45, 7) is 0.0361. The van der Waals surface area contributed by atoms with Crippen molar-refractivity contribution in [2.24, 2.45) is 0 Å². The van der Waals surface area contributed by atoms with E-state index in [2.05, 4.69) is 0 Å². The molecule has 0 saturated heterocycles. The van der Waals surface area contributed by atoms with Crippen LogP contribution in [0, 0.1) is 0 Å². The van der Waals surface area contributed by atoms with Crippen molar-refractivity contribution >= 4 is 5.97 Å². The first kappa shape index (κ1) is 11.4. The van der Waals surface area contributed by atoms with Crippen molar-refractivity contribution in [1.29, 1.82) is 0 Å². The van der Waals surface area contributed by atoms with Crippen molar-refractivity contribution in [2.45, 2.75) is 12.8 Å². The molecule has 92 valence electrons. The Morgan fingerprint density at radius 3 is 2.94 bits per heavy atom. The van der Waals surface area contributed by atoms with E-state index in [4.69, 9.17) is 19.3 Å². The average Bonchev–Trinajstić information content (AvgIpc) is 2.74. The van der Waals surface area contributed by atoms with E-state index in [-0.39, 0.29) is 36.9 Å². The summed E-state index contributed by atoms with van der Waals surface area (Å²) in [5.41, 5.74) is 0.580. The summed E-state index contributed by atoms with van der Waals surface area (Å²) < 4.78 is 15.3. The zero-order valence-corrected chi connectivity index (χ0v) is 9.23. The maximum absolute atomic E-state index is 10.5. The number of benzene rings is 1. The maximum atomic E-state index is 10.5. The van der Waals surface area contributed by atoms with Crippen LogP contribution in [0.4, 0.5) is 0 Å². The van der Waals surface area contributed by atoms with Crippen molar-refractivity contribution in [3.63, 3.8) is 0 Å². The van der Waals surface area contributed by atoms with Crippen LogP contribution in [0.5, 0.6) is 23.0 Å². The van der Waals surface area contributed by atoms with Gasteiger partial charge in [-0.05, 0) is 12.5 Å². The minimum absolute atomic E-state index is 0.0361. The van der Waals surface area contributed by atoms with Gasteiger partial charge in [-0.2, -0.15) is 0 Å². The van der Waals surface area contributed by atoms with Gasteiger partial charge in [-0.25, -0.2) is 0 Å². The third-order valence-electron chi connectivity index (χ3n) is 2.48. The molecule has 2 rings (SSSR count). The number of rotatable bonds is 4. The Morgan fingerprint density at radius 2 is 2.29 bits per heavy atom. The van der Waals surface area contributed by atoms with Crippen LogP contribution in [-0.2, 0) is 11.2 Å². The molecule has 0 bridgehead atoms. The summed E-state index contributed by atoms with van der Waals surface area (Å²) in [4.78, 5) is 10.5. The molecule has 17 heavy (non-hydrogen) atoms. The van der Waals surface area contributed by atoms with Crippen LogP contribution < -0.4 is 14.2 Å². The number of hydrogen-bond donors (Lipinski definition) is 2. The summed E-state index contributed by atoms with van der Waals surface area (Å²) in [6, 6.07) is 1.63. The molecule has 1 aromatic carbocycles. The molecule has 0 aliphatic carbocycles. The SMILES string of the molecule is COc1c(CCC(=O)O)cc2c(c1O)OCO2. The van der Waals surface area contributed by atoms with Gasteiger partial charge in [0.25, 0.3) is 0 Å². The zero-order chi connectivity index (χ0) is 12.4. The number of fused-ring (bicyclic) bond motifs is 1. The molecule has 1 aliphatic rings. The fraction of sp³-hybridized carbons (Fsp3) is 0.364. The van der Waals surface area contributed by atoms with E-state index in [9.17, 15) is 9.90 Å². The molecule has 1 aromatic rings. The number of carbonyl (C=O) groups is 1. The highest BCUT2D eigenvalue weighted by molar-refractivity contribution is 5.68. The number of aromatic hydroxyl groups is 1. The number of phenols is 1. The van der Waals surface area contributed by atoms with Gasteiger partial charge in [-0.1, -0.05) is 0 Å². The van der Waals surface area contributed by atoms with Gasteiger partial charge in [0.15, 0.2) is 11.5 Å². The molecule has 0 fully saturated rings. The van der Waals surface area contributed by atoms with E-state index in [1.165, 1.54) is 7.11 Å². The van der Waals surface area contributed by atoms with Gasteiger partial charge in [-0.15, -0.1) is 0 Å². The number of hydrogen-bond acceptors (Lipinski definition) is 5. The van der Waals surface area contributed by atoms with Crippen molar-refractivity contribution in [3.05, 3.63) is 11.6 Å². The molecular weight excluding hydrogens is 228 g/mol. The van der Waals surface area contributed by atoms with E-state index >= 15 is 0 Å². The van der Waals surface area contributed by atoms with Gasteiger partial charge >= 0.3 is 5.97 Å². The molecule has 6 heteroatoms. The van der Waals surface area contributed by atoms with Crippen LogP contribution in [-0.4, -0.2) is 30.1 Å². The van der Waals surface area contributed by atoms with E-state index in [1.54, 1.807) is 6.07 Å². The highest BCUT2D eigenvalue weighted by Gasteiger charge is 2.24. The van der Waals surface area contributed by atoms with E-state index < -0.39 is 5.97 Å². The van der Waals surface area contributed by atoms with E-state index in [1.807, 2.05) is 0 Å². The number of aliphatic carboxylic acids is 1. The fourth-order valence-corrected chi connectivity index (χ4v) is 1.71. The summed E-state index contributed by atoms with van der Waals surface area (Å²) >= 11 is 0. The number of carboxylic acid groups (broad SMARTS) is 1. The average molecular weight is 240 g/mol. The molecular formula is C11H12O6. The number of carboxylic acids is 1. The fourth-order valence-electron chi connectivity index (χ4n) is 1.71. The van der Waals surface area contributed by atoms with Crippen LogP contribution in [0.15, 0.2) is 6.07 Å². The van der Waals surface area contributed by atoms with Crippen molar-refractivity contribution in [3.8, 4) is 23.0 Å². The molecule has 2 N–H and O–H groups in total. The van der Waals surface area contributed by atoms with Crippen molar-refractivity contribution < 1.29 is 29.2 Å². The first-order chi connectivity index (χ1) is 8.13. The third kappa shape index (κ3) is 2.06. The van der Waals surface area contributed by atoms with Gasteiger partial charge < -0.3 is 24.4 Å². The minimum Gasteiger partial charge on any atom is -0.502 e. The molecule has 0 unspecified atom stereocenters. The first-order valence-corrected chi connectivity index (χ1v) is 5.03. The van der Waals surface area contributed by atoms with Crippen LogP contribution in [0.2, 0.25) is 0 Å². The smallest absolute Gasteiger partial charge is 0.303 e. The van der Waals surface area contributed by atoms with Crippen LogP contribution in [0.1, 0.15) is 12.0 Å². The topological polar surface area (TPSA) is 85.2 Å². The Labute approximate surface area is 97.3 Å². The van der Waals surface area contributed by atoms with Gasteiger partial charge in [0.2, 0.25) is 18.3 Å². The molecule has 0 aromatic heterocycles. The first-order valence-electron chi connectivity index (χ1n) is 5.03. The van der Waals surface area contributed by atoms with Gasteiger partial charge in [0, 0.05) is 12.0 Å². The monoisotopic (exact) mass is 240 g/mol. The minimum atomic E-state index is -0.913. The summed E-state index contributed by atoms with van der Waals surface area (Å²) in [5, 5.41) is 18.5. The Bertz CT molecular complexity index is 454. The molecule has 1 heterocycles. The summed E-state index contributed by atoms with van der Waals surface area (Å²) in [6.07, 6.45) is 0.206. The molecule has 0 atom stereocenters. The van der Waals surface area contributed by atoms with Crippen LogP contribution in [0.25, 0.3) is 0 Å². The maximum Gasteiger partial charge on any atom is 0.303 e. The standard InChI is InChI=1S/C11H12O6/c1-15-10-6(2-3-8(12)13)4-7-11(9(10)14)17-5-16-7/h4,14H,2-3,5H2,1H3,(H,12,13). The Morgan fingerprint density at radius 1 is 1.53 bits per heavy atom. The number of aryl methyl sites for hydroxylation is 1. The quantitative estimate of drug-likeness (QED) is 0.821. The lowest BCUT2D eigenvalue weighted by atomic mass is 10.1. The molecule has 0 amide bonds.